The van der Waals surface area contributed by atoms with E-state index >= 15 is 0 Å². The van der Waals surface area contributed by atoms with Gasteiger partial charge in [-0.2, -0.15) is 4.98 Å². The van der Waals surface area contributed by atoms with Crippen molar-refractivity contribution in [1.29, 1.82) is 0 Å². The summed E-state index contributed by atoms with van der Waals surface area (Å²) in [5.74, 6) is 0.564. The number of hydrogen-bond acceptors (Lipinski definition) is 5. The first kappa shape index (κ1) is 17.8. The molecule has 0 amide bonds. The molecule has 9 heteroatoms. The van der Waals surface area contributed by atoms with E-state index in [-0.39, 0.29) is 18.0 Å². The van der Waals surface area contributed by atoms with Crippen molar-refractivity contribution < 1.29 is 8.42 Å². The number of aromatic nitrogens is 3. The summed E-state index contributed by atoms with van der Waals surface area (Å²) in [4.78, 5) is 4.33. The summed E-state index contributed by atoms with van der Waals surface area (Å²) in [6, 6.07) is 17.6. The molecule has 0 fully saturated rings. The summed E-state index contributed by atoms with van der Waals surface area (Å²) in [6.07, 6.45) is 1.81. The summed E-state index contributed by atoms with van der Waals surface area (Å²) < 4.78 is 27.2. The van der Waals surface area contributed by atoms with E-state index in [0.29, 0.717) is 11.0 Å². The number of halogens is 1. The molecule has 0 unspecified atom stereocenters. The summed E-state index contributed by atoms with van der Waals surface area (Å²) in [6.45, 7) is 0. The molecule has 1 aromatic heterocycles. The zero-order chi connectivity index (χ0) is 19.0. The maximum absolute atomic E-state index is 11.6. The SMILES string of the molecule is CS(=O)(=O)Nc1nc2n(n1)[C@H](c1ccc(Cl)cc1)C[C@@H](c1ccccc1)N2. The van der Waals surface area contributed by atoms with Crippen LogP contribution in [0.25, 0.3) is 0 Å². The van der Waals surface area contributed by atoms with E-state index in [1.54, 1.807) is 4.68 Å². The fourth-order valence-electron chi connectivity index (χ4n) is 3.25. The molecule has 0 bridgehead atoms. The number of nitrogens with one attached hydrogen (secondary N) is 2. The van der Waals surface area contributed by atoms with Gasteiger partial charge in [-0.1, -0.05) is 54.1 Å². The molecule has 0 spiro atoms. The van der Waals surface area contributed by atoms with Gasteiger partial charge in [0.1, 0.15) is 0 Å². The maximum atomic E-state index is 11.6. The Kier molecular flexibility index (Phi) is 4.53. The molecule has 27 heavy (non-hydrogen) atoms. The lowest BCUT2D eigenvalue weighted by Gasteiger charge is -2.31. The minimum absolute atomic E-state index is 0.0228. The topological polar surface area (TPSA) is 88.9 Å². The molecule has 2 N–H and O–H groups in total. The van der Waals surface area contributed by atoms with E-state index in [9.17, 15) is 8.42 Å². The number of nitrogens with zero attached hydrogens (tertiary/aromatic N) is 3. The molecule has 3 aromatic rings. The highest BCUT2D eigenvalue weighted by Gasteiger charge is 2.31. The highest BCUT2D eigenvalue weighted by molar-refractivity contribution is 7.91. The number of benzene rings is 2. The molecule has 2 aromatic carbocycles. The van der Waals surface area contributed by atoms with Gasteiger partial charge in [0.2, 0.25) is 16.0 Å². The summed E-state index contributed by atoms with van der Waals surface area (Å²) in [5, 5.41) is 8.38. The molecule has 7 nitrogen and oxygen atoms in total. The molecular formula is C18H18ClN5O2S. The fourth-order valence-corrected chi connectivity index (χ4v) is 3.80. The lowest BCUT2D eigenvalue weighted by atomic mass is 9.93. The van der Waals surface area contributed by atoms with Crippen molar-refractivity contribution in [2.75, 3.05) is 16.3 Å². The molecule has 2 heterocycles. The lowest BCUT2D eigenvalue weighted by molar-refractivity contribution is 0.431. The number of fused-ring (bicyclic) bond motifs is 1. The van der Waals surface area contributed by atoms with Gasteiger partial charge in [-0.05, 0) is 29.7 Å². The number of rotatable bonds is 4. The maximum Gasteiger partial charge on any atom is 0.257 e. The quantitative estimate of drug-likeness (QED) is 0.696. The fraction of sp³-hybridized carbons (Fsp3) is 0.222. The highest BCUT2D eigenvalue weighted by Crippen LogP contribution is 2.38. The molecule has 2 atom stereocenters. The van der Waals surface area contributed by atoms with Crippen LogP contribution in [0.4, 0.5) is 11.9 Å². The Balaban J connectivity index is 1.76. The Morgan fingerprint density at radius 2 is 1.81 bits per heavy atom. The van der Waals surface area contributed by atoms with Gasteiger partial charge in [-0.15, -0.1) is 5.10 Å². The average Bonchev–Trinajstić information content (AvgIpc) is 3.02. The molecule has 1 aliphatic heterocycles. The standard InChI is InChI=1S/C18H18ClN5O2S/c1-27(25,26)23-17-21-18-20-15(12-5-3-2-4-6-12)11-16(24(18)22-17)13-7-9-14(19)10-8-13/h2-10,15-16H,11H2,1H3,(H2,20,21,22,23)/t15-,16-/m0/s1. The summed E-state index contributed by atoms with van der Waals surface area (Å²) >= 11 is 6.03. The molecule has 0 aliphatic carbocycles. The first-order valence-corrected chi connectivity index (χ1v) is 10.7. The van der Waals surface area contributed by atoms with Crippen LogP contribution in [0.15, 0.2) is 54.6 Å². The number of hydrogen-bond donors (Lipinski definition) is 2. The van der Waals surface area contributed by atoms with Crippen molar-refractivity contribution in [2.45, 2.75) is 18.5 Å². The minimum Gasteiger partial charge on any atom is -0.347 e. The van der Waals surface area contributed by atoms with Gasteiger partial charge in [0.25, 0.3) is 5.95 Å². The average molecular weight is 404 g/mol. The van der Waals surface area contributed by atoms with Crippen LogP contribution in [0.1, 0.15) is 29.6 Å². The van der Waals surface area contributed by atoms with Crippen LogP contribution in [0.5, 0.6) is 0 Å². The third kappa shape index (κ3) is 3.91. The van der Waals surface area contributed by atoms with Crippen LogP contribution in [0.2, 0.25) is 5.02 Å². The van der Waals surface area contributed by atoms with Crippen molar-refractivity contribution in [2.24, 2.45) is 0 Å². The van der Waals surface area contributed by atoms with Gasteiger partial charge >= 0.3 is 0 Å². The first-order valence-electron chi connectivity index (χ1n) is 8.40. The van der Waals surface area contributed by atoms with E-state index in [4.69, 9.17) is 11.6 Å². The van der Waals surface area contributed by atoms with E-state index in [2.05, 4.69) is 32.3 Å². The van der Waals surface area contributed by atoms with E-state index in [0.717, 1.165) is 23.8 Å². The molecule has 0 saturated carbocycles. The van der Waals surface area contributed by atoms with Crippen molar-refractivity contribution in [3.05, 3.63) is 70.7 Å². The molecule has 1 aliphatic rings. The van der Waals surface area contributed by atoms with Crippen molar-refractivity contribution in [1.82, 2.24) is 14.8 Å². The minimum atomic E-state index is -3.46. The van der Waals surface area contributed by atoms with E-state index < -0.39 is 10.0 Å². The van der Waals surface area contributed by atoms with Crippen molar-refractivity contribution >= 4 is 33.5 Å². The second-order valence-corrected chi connectivity index (χ2v) is 8.67. The van der Waals surface area contributed by atoms with Gasteiger partial charge in [-0.25, -0.2) is 13.1 Å². The Labute approximate surface area is 162 Å². The zero-order valence-corrected chi connectivity index (χ0v) is 16.1. The largest absolute Gasteiger partial charge is 0.347 e. The number of anilines is 2. The molecule has 4 rings (SSSR count). The van der Waals surface area contributed by atoms with Gasteiger partial charge < -0.3 is 5.32 Å². The van der Waals surface area contributed by atoms with Crippen molar-refractivity contribution in [3.63, 3.8) is 0 Å². The molecular weight excluding hydrogens is 386 g/mol. The lowest BCUT2D eigenvalue weighted by Crippen LogP contribution is -2.28. The Hall–Kier alpha value is -2.58. The van der Waals surface area contributed by atoms with E-state index in [1.807, 2.05) is 42.5 Å². The Morgan fingerprint density at radius 1 is 1.11 bits per heavy atom. The second kappa shape index (κ2) is 6.86. The third-order valence-corrected chi connectivity index (χ3v) is 5.23. The summed E-state index contributed by atoms with van der Waals surface area (Å²) in [5.41, 5.74) is 2.15. The monoisotopic (exact) mass is 403 g/mol. The predicted octanol–water partition coefficient (Wildman–Crippen LogP) is 3.45. The van der Waals surface area contributed by atoms with Gasteiger partial charge in [-0.3, -0.25) is 4.72 Å². The first-order chi connectivity index (χ1) is 12.9. The van der Waals surface area contributed by atoms with Crippen LogP contribution in [-0.2, 0) is 10.0 Å². The smallest absolute Gasteiger partial charge is 0.257 e. The van der Waals surface area contributed by atoms with Crippen LogP contribution in [0, 0.1) is 0 Å². The molecule has 0 saturated heterocycles. The van der Waals surface area contributed by atoms with Crippen molar-refractivity contribution in [3.8, 4) is 0 Å². The van der Waals surface area contributed by atoms with Gasteiger partial charge in [0.15, 0.2) is 0 Å². The summed E-state index contributed by atoms with van der Waals surface area (Å²) in [7, 11) is -3.46. The van der Waals surface area contributed by atoms with Gasteiger partial charge in [0.05, 0.1) is 18.3 Å². The van der Waals surface area contributed by atoms with Crippen LogP contribution in [0.3, 0.4) is 0 Å². The highest BCUT2D eigenvalue weighted by atomic mass is 35.5. The number of sulfonamides is 1. The second-order valence-electron chi connectivity index (χ2n) is 6.49. The predicted molar refractivity (Wildman–Crippen MR) is 106 cm³/mol. The normalized spacial score (nSPS) is 19.2. The Morgan fingerprint density at radius 3 is 2.48 bits per heavy atom. The molecule has 140 valence electrons. The zero-order valence-electron chi connectivity index (χ0n) is 14.5. The third-order valence-electron chi connectivity index (χ3n) is 4.42. The molecule has 0 radical (unpaired) electrons. The van der Waals surface area contributed by atoms with Crippen LogP contribution < -0.4 is 10.0 Å². The van der Waals surface area contributed by atoms with Gasteiger partial charge in [0, 0.05) is 5.02 Å². The van der Waals surface area contributed by atoms with E-state index in [1.165, 1.54) is 0 Å². The Bertz CT molecular complexity index is 1050. The van der Waals surface area contributed by atoms with Crippen LogP contribution >= 0.6 is 11.6 Å². The van der Waals surface area contributed by atoms with Crippen LogP contribution in [-0.4, -0.2) is 29.4 Å².